The smallest absolute Gasteiger partial charge is 0.225 e. The predicted molar refractivity (Wildman–Crippen MR) is 93.7 cm³/mol. The van der Waals surface area contributed by atoms with Crippen molar-refractivity contribution in [3.63, 3.8) is 0 Å². The first kappa shape index (κ1) is 18.2. The van der Waals surface area contributed by atoms with Gasteiger partial charge in [0.1, 0.15) is 0 Å². The molecule has 1 aliphatic carbocycles. The van der Waals surface area contributed by atoms with Crippen LogP contribution in [0.15, 0.2) is 0 Å². The summed E-state index contributed by atoms with van der Waals surface area (Å²) >= 11 is 0. The van der Waals surface area contributed by atoms with Crippen LogP contribution in [0.3, 0.4) is 0 Å². The largest absolute Gasteiger partial charge is 0.389 e. The third-order valence-electron chi connectivity index (χ3n) is 6.25. The zero-order chi connectivity index (χ0) is 17.0. The van der Waals surface area contributed by atoms with Crippen molar-refractivity contribution in [1.82, 2.24) is 9.80 Å². The van der Waals surface area contributed by atoms with Gasteiger partial charge >= 0.3 is 0 Å². The Morgan fingerprint density at radius 1 is 0.750 bits per heavy atom. The van der Waals surface area contributed by atoms with Gasteiger partial charge in [-0.2, -0.15) is 0 Å². The molecule has 0 radical (unpaired) electrons. The summed E-state index contributed by atoms with van der Waals surface area (Å²) in [5.74, 6) is 0.0739. The molecule has 1 amide bonds. The molecule has 2 aliphatic heterocycles. The Hall–Kier alpha value is -0.650. The van der Waals surface area contributed by atoms with E-state index in [0.29, 0.717) is 13.0 Å². The Morgan fingerprint density at radius 3 is 2.12 bits per heavy atom. The van der Waals surface area contributed by atoms with Crippen molar-refractivity contribution in [2.24, 2.45) is 0 Å². The normalized spacial score (nSPS) is 31.8. The average Bonchev–Trinajstić information content (AvgIpc) is 2.95. The van der Waals surface area contributed by atoms with E-state index in [2.05, 4.69) is 4.90 Å². The lowest BCUT2D eigenvalue weighted by Gasteiger charge is -2.34. The van der Waals surface area contributed by atoms with Crippen molar-refractivity contribution in [1.29, 1.82) is 0 Å². The number of hydrogen-bond donors (Lipinski definition) is 2. The highest BCUT2D eigenvalue weighted by Gasteiger charge is 2.37. The van der Waals surface area contributed by atoms with Crippen molar-refractivity contribution in [3.8, 4) is 0 Å². The van der Waals surface area contributed by atoms with Gasteiger partial charge in [0.2, 0.25) is 5.91 Å². The van der Waals surface area contributed by atoms with Crippen LogP contribution in [-0.2, 0) is 4.79 Å². The quantitative estimate of drug-likeness (QED) is 0.822. The minimum absolute atomic E-state index is 0.0739. The van der Waals surface area contributed by atoms with Gasteiger partial charge in [0.25, 0.3) is 0 Å². The maximum Gasteiger partial charge on any atom is 0.225 e. The van der Waals surface area contributed by atoms with E-state index in [9.17, 15) is 15.0 Å². The Morgan fingerprint density at radius 2 is 1.42 bits per heavy atom. The van der Waals surface area contributed by atoms with E-state index in [4.69, 9.17) is 0 Å². The second kappa shape index (κ2) is 7.71. The molecule has 0 bridgehead atoms. The molecule has 3 fully saturated rings. The number of β-amino-alcohol motifs (C(OH)–C–C–N with tert-alkyl or cyclic N) is 1. The summed E-state index contributed by atoms with van der Waals surface area (Å²) in [4.78, 5) is 16.9. The summed E-state index contributed by atoms with van der Waals surface area (Å²) in [7, 11) is 0. The first-order valence-electron chi connectivity index (χ1n) is 9.93. The Labute approximate surface area is 146 Å². The van der Waals surface area contributed by atoms with Gasteiger partial charge in [-0.15, -0.1) is 0 Å². The maximum absolute atomic E-state index is 12.7. The van der Waals surface area contributed by atoms with E-state index in [1.165, 1.54) is 19.3 Å². The highest BCUT2D eigenvalue weighted by atomic mass is 16.3. The first-order chi connectivity index (χ1) is 11.5. The van der Waals surface area contributed by atoms with Crippen LogP contribution in [0, 0.1) is 0 Å². The fourth-order valence-electron chi connectivity index (χ4n) is 4.72. The van der Waals surface area contributed by atoms with Crippen molar-refractivity contribution < 1.29 is 15.0 Å². The van der Waals surface area contributed by atoms with E-state index >= 15 is 0 Å². The van der Waals surface area contributed by atoms with E-state index in [1.807, 2.05) is 4.90 Å². The highest BCUT2D eigenvalue weighted by Crippen LogP contribution is 2.32. The fraction of sp³-hybridized carbons (Fsp3) is 0.947. The number of aliphatic hydroxyl groups is 2. The molecule has 1 unspecified atom stereocenters. The molecule has 0 spiro atoms. The lowest BCUT2D eigenvalue weighted by molar-refractivity contribution is -0.138. The molecule has 1 saturated carbocycles. The molecule has 2 N–H and O–H groups in total. The van der Waals surface area contributed by atoms with Crippen LogP contribution < -0.4 is 0 Å². The summed E-state index contributed by atoms with van der Waals surface area (Å²) in [5, 5.41) is 21.6. The lowest BCUT2D eigenvalue weighted by Crippen LogP contribution is -2.44. The summed E-state index contributed by atoms with van der Waals surface area (Å²) in [5.41, 5.74) is -1.44. The second-order valence-electron chi connectivity index (χ2n) is 8.40. The van der Waals surface area contributed by atoms with Crippen molar-refractivity contribution in [2.45, 2.75) is 81.8 Å². The standard InChI is InChI=1S/C19H34N2O3/c22-17(15-18(23)7-2-1-3-8-18)21-13-6-9-19(24,10-14-21)16-20-11-4-5-12-20/h23-24H,1-16H2. The molecule has 1 atom stereocenters. The maximum atomic E-state index is 12.7. The molecule has 0 aromatic carbocycles. The van der Waals surface area contributed by atoms with Crippen molar-refractivity contribution in [2.75, 3.05) is 32.7 Å². The van der Waals surface area contributed by atoms with Crippen molar-refractivity contribution in [3.05, 3.63) is 0 Å². The van der Waals surface area contributed by atoms with Gasteiger partial charge in [-0.1, -0.05) is 19.3 Å². The summed E-state index contributed by atoms with van der Waals surface area (Å²) < 4.78 is 0. The monoisotopic (exact) mass is 338 g/mol. The van der Waals surface area contributed by atoms with Gasteiger partial charge in [-0.25, -0.2) is 0 Å². The van der Waals surface area contributed by atoms with Gasteiger partial charge in [0.15, 0.2) is 0 Å². The molecule has 5 nitrogen and oxygen atoms in total. The van der Waals surface area contributed by atoms with Crippen LogP contribution in [0.25, 0.3) is 0 Å². The topological polar surface area (TPSA) is 64.0 Å². The van der Waals surface area contributed by atoms with E-state index < -0.39 is 11.2 Å². The number of carbonyl (C=O) groups is 1. The van der Waals surface area contributed by atoms with E-state index in [0.717, 1.165) is 64.7 Å². The number of carbonyl (C=O) groups excluding carboxylic acids is 1. The molecule has 0 aromatic heterocycles. The molecule has 24 heavy (non-hydrogen) atoms. The first-order valence-corrected chi connectivity index (χ1v) is 9.93. The molecule has 0 aromatic rings. The lowest BCUT2D eigenvalue weighted by atomic mass is 9.82. The average molecular weight is 338 g/mol. The minimum Gasteiger partial charge on any atom is -0.389 e. The van der Waals surface area contributed by atoms with Gasteiger partial charge in [-0.3, -0.25) is 4.79 Å². The Bertz CT molecular complexity index is 430. The van der Waals surface area contributed by atoms with Gasteiger partial charge < -0.3 is 20.0 Å². The van der Waals surface area contributed by atoms with Crippen LogP contribution in [0.4, 0.5) is 0 Å². The number of nitrogens with zero attached hydrogens (tertiary/aromatic N) is 2. The van der Waals surface area contributed by atoms with Crippen LogP contribution in [0.2, 0.25) is 0 Å². The second-order valence-corrected chi connectivity index (χ2v) is 8.40. The summed E-state index contributed by atoms with van der Waals surface area (Å²) in [6.45, 7) is 4.28. The SMILES string of the molecule is O=C(CC1(O)CCCCC1)N1CCCC(O)(CN2CCCC2)CC1. The van der Waals surface area contributed by atoms with E-state index in [-0.39, 0.29) is 12.3 Å². The molecule has 3 aliphatic rings. The van der Waals surface area contributed by atoms with Crippen molar-refractivity contribution >= 4 is 5.91 Å². The summed E-state index contributed by atoms with van der Waals surface area (Å²) in [6.07, 6.45) is 9.76. The summed E-state index contributed by atoms with van der Waals surface area (Å²) in [6, 6.07) is 0. The third kappa shape index (κ3) is 4.70. The molecule has 138 valence electrons. The number of likely N-dealkylation sites (tertiary alicyclic amines) is 2. The molecule has 5 heteroatoms. The minimum atomic E-state index is -0.784. The zero-order valence-electron chi connectivity index (χ0n) is 15.0. The molecular weight excluding hydrogens is 304 g/mol. The Balaban J connectivity index is 1.51. The number of hydrogen-bond acceptors (Lipinski definition) is 4. The zero-order valence-corrected chi connectivity index (χ0v) is 15.0. The van der Waals surface area contributed by atoms with Crippen LogP contribution in [-0.4, -0.2) is 69.8 Å². The van der Waals surface area contributed by atoms with Gasteiger partial charge in [0, 0.05) is 19.6 Å². The fourth-order valence-corrected chi connectivity index (χ4v) is 4.72. The molecule has 2 heterocycles. The van der Waals surface area contributed by atoms with Crippen LogP contribution in [0.5, 0.6) is 0 Å². The highest BCUT2D eigenvalue weighted by molar-refractivity contribution is 5.77. The Kier molecular flexibility index (Phi) is 5.83. The van der Waals surface area contributed by atoms with Gasteiger partial charge in [-0.05, 0) is 58.0 Å². The van der Waals surface area contributed by atoms with Crippen LogP contribution in [0.1, 0.15) is 70.6 Å². The van der Waals surface area contributed by atoms with Crippen LogP contribution >= 0.6 is 0 Å². The van der Waals surface area contributed by atoms with Gasteiger partial charge in [0.05, 0.1) is 17.6 Å². The molecule has 2 saturated heterocycles. The third-order valence-corrected chi connectivity index (χ3v) is 6.25. The number of amides is 1. The number of rotatable bonds is 4. The molecule has 3 rings (SSSR count). The van der Waals surface area contributed by atoms with E-state index in [1.54, 1.807) is 0 Å². The molecular formula is C19H34N2O3. The predicted octanol–water partition coefficient (Wildman–Crippen LogP) is 1.91.